The largest absolute Gasteiger partial charge is 0.354 e. The SMILES string of the molecule is C[C@H](N)c1ccc(CCNc2nccc(N3CCCn4c3nc(-c3ccccc3)cc4=O)n2)cc1. The molecule has 0 saturated heterocycles. The van der Waals surface area contributed by atoms with Crippen molar-refractivity contribution in [2.75, 3.05) is 23.3 Å². The fourth-order valence-corrected chi connectivity index (χ4v) is 4.26. The maximum atomic E-state index is 12.9. The van der Waals surface area contributed by atoms with Gasteiger partial charge in [0.15, 0.2) is 0 Å². The van der Waals surface area contributed by atoms with Crippen LogP contribution in [0.15, 0.2) is 77.7 Å². The fraction of sp³-hybridized carbons (Fsp3) is 0.259. The molecule has 1 aliphatic rings. The number of nitrogens with two attached hydrogens (primary N) is 1. The highest BCUT2D eigenvalue weighted by atomic mass is 16.1. The molecule has 0 unspecified atom stereocenters. The van der Waals surface area contributed by atoms with Gasteiger partial charge in [-0.1, -0.05) is 54.6 Å². The monoisotopic (exact) mass is 467 g/mol. The van der Waals surface area contributed by atoms with E-state index in [1.54, 1.807) is 16.8 Å². The van der Waals surface area contributed by atoms with Gasteiger partial charge in [-0.3, -0.25) is 14.3 Å². The molecule has 2 aromatic carbocycles. The van der Waals surface area contributed by atoms with E-state index in [1.807, 2.05) is 48.2 Å². The average molecular weight is 468 g/mol. The van der Waals surface area contributed by atoms with Gasteiger partial charge in [0, 0.05) is 43.5 Å². The lowest BCUT2D eigenvalue weighted by Gasteiger charge is -2.30. The average Bonchev–Trinajstić information content (AvgIpc) is 2.89. The number of hydrogen-bond donors (Lipinski definition) is 2. The lowest BCUT2D eigenvalue weighted by molar-refractivity contribution is 0.561. The van der Waals surface area contributed by atoms with Gasteiger partial charge in [-0.15, -0.1) is 0 Å². The Bertz CT molecular complexity index is 1350. The second kappa shape index (κ2) is 10.1. The molecule has 5 rings (SSSR count). The second-order valence-corrected chi connectivity index (χ2v) is 8.75. The van der Waals surface area contributed by atoms with Crippen LogP contribution in [-0.2, 0) is 13.0 Å². The Kier molecular flexibility index (Phi) is 6.54. The predicted molar refractivity (Wildman–Crippen MR) is 139 cm³/mol. The fourth-order valence-electron chi connectivity index (χ4n) is 4.26. The first-order chi connectivity index (χ1) is 17.1. The quantitative estimate of drug-likeness (QED) is 0.425. The Labute approximate surface area is 204 Å². The van der Waals surface area contributed by atoms with Crippen LogP contribution in [0.3, 0.4) is 0 Å². The first-order valence-electron chi connectivity index (χ1n) is 11.9. The van der Waals surface area contributed by atoms with Crippen LogP contribution in [-0.4, -0.2) is 32.6 Å². The first-order valence-corrected chi connectivity index (χ1v) is 11.9. The Morgan fingerprint density at radius 3 is 2.60 bits per heavy atom. The number of nitrogens with one attached hydrogen (secondary N) is 1. The maximum Gasteiger partial charge on any atom is 0.255 e. The molecule has 3 heterocycles. The standard InChI is InChI=1S/C27H29N7O/c1-19(28)21-10-8-20(9-11-21)12-14-29-26-30-15-13-24(32-26)33-16-5-17-34-25(35)18-23(31-27(33)34)22-6-3-2-4-7-22/h2-4,6-11,13,15,18-19H,5,12,14,16-17,28H2,1H3,(H,29,30,32)/t19-/m0/s1. The zero-order chi connectivity index (χ0) is 24.2. The zero-order valence-corrected chi connectivity index (χ0v) is 19.8. The van der Waals surface area contributed by atoms with Gasteiger partial charge in [-0.05, 0) is 37.0 Å². The number of nitrogens with zero attached hydrogens (tertiary/aromatic N) is 5. The Hall–Kier alpha value is -4.04. The summed E-state index contributed by atoms with van der Waals surface area (Å²) in [5, 5.41) is 3.32. The normalized spacial score (nSPS) is 13.8. The number of anilines is 3. The van der Waals surface area contributed by atoms with Gasteiger partial charge in [-0.2, -0.15) is 4.98 Å². The molecule has 0 amide bonds. The molecule has 8 heteroatoms. The van der Waals surface area contributed by atoms with Crippen LogP contribution in [0.1, 0.15) is 30.5 Å². The molecule has 2 aromatic heterocycles. The van der Waals surface area contributed by atoms with Crippen LogP contribution >= 0.6 is 0 Å². The smallest absolute Gasteiger partial charge is 0.255 e. The van der Waals surface area contributed by atoms with Gasteiger partial charge in [0.2, 0.25) is 11.9 Å². The molecule has 35 heavy (non-hydrogen) atoms. The van der Waals surface area contributed by atoms with Gasteiger partial charge in [0.1, 0.15) is 5.82 Å². The van der Waals surface area contributed by atoms with Crippen molar-refractivity contribution in [3.05, 3.63) is 94.4 Å². The summed E-state index contributed by atoms with van der Waals surface area (Å²) in [5.74, 6) is 1.88. The lowest BCUT2D eigenvalue weighted by Crippen LogP contribution is -2.36. The highest BCUT2D eigenvalue weighted by molar-refractivity contribution is 5.63. The third-order valence-corrected chi connectivity index (χ3v) is 6.18. The summed E-state index contributed by atoms with van der Waals surface area (Å²) in [6.07, 6.45) is 3.42. The highest BCUT2D eigenvalue weighted by Gasteiger charge is 2.23. The Morgan fingerprint density at radius 2 is 1.83 bits per heavy atom. The van der Waals surface area contributed by atoms with E-state index in [2.05, 4.69) is 34.6 Å². The molecule has 8 nitrogen and oxygen atoms in total. The second-order valence-electron chi connectivity index (χ2n) is 8.75. The molecule has 0 saturated carbocycles. The van der Waals surface area contributed by atoms with Crippen molar-refractivity contribution in [1.82, 2.24) is 19.5 Å². The first kappa shape index (κ1) is 22.7. The molecule has 0 spiro atoms. The minimum Gasteiger partial charge on any atom is -0.354 e. The van der Waals surface area contributed by atoms with E-state index in [0.29, 0.717) is 36.5 Å². The molecule has 1 aliphatic heterocycles. The molecular formula is C27H29N7O. The van der Waals surface area contributed by atoms with Crippen molar-refractivity contribution in [2.45, 2.75) is 32.4 Å². The van der Waals surface area contributed by atoms with Crippen LogP contribution < -0.4 is 21.5 Å². The topological polar surface area (TPSA) is 102 Å². The number of hydrogen-bond acceptors (Lipinski definition) is 7. The van der Waals surface area contributed by atoms with Gasteiger partial charge >= 0.3 is 0 Å². The summed E-state index contributed by atoms with van der Waals surface area (Å²) < 4.78 is 1.72. The van der Waals surface area contributed by atoms with Crippen molar-refractivity contribution in [2.24, 2.45) is 5.73 Å². The van der Waals surface area contributed by atoms with Crippen molar-refractivity contribution in [3.8, 4) is 11.3 Å². The van der Waals surface area contributed by atoms with Gasteiger partial charge < -0.3 is 11.1 Å². The van der Waals surface area contributed by atoms with Gasteiger partial charge in [0.25, 0.3) is 5.56 Å². The Morgan fingerprint density at radius 1 is 1.03 bits per heavy atom. The molecule has 0 radical (unpaired) electrons. The summed E-state index contributed by atoms with van der Waals surface area (Å²) in [7, 11) is 0. The summed E-state index contributed by atoms with van der Waals surface area (Å²) >= 11 is 0. The summed E-state index contributed by atoms with van der Waals surface area (Å²) in [6, 6.07) is 21.6. The third-order valence-electron chi connectivity index (χ3n) is 6.18. The van der Waals surface area contributed by atoms with Crippen LogP contribution in [0.2, 0.25) is 0 Å². The Balaban J connectivity index is 1.34. The van der Waals surface area contributed by atoms with Gasteiger partial charge in [0.05, 0.1) is 5.69 Å². The van der Waals surface area contributed by atoms with E-state index >= 15 is 0 Å². The van der Waals surface area contributed by atoms with E-state index in [0.717, 1.165) is 30.5 Å². The predicted octanol–water partition coefficient (Wildman–Crippen LogP) is 3.92. The number of benzene rings is 2. The van der Waals surface area contributed by atoms with Crippen molar-refractivity contribution in [3.63, 3.8) is 0 Å². The van der Waals surface area contributed by atoms with Crippen molar-refractivity contribution < 1.29 is 0 Å². The molecule has 0 bridgehead atoms. The van der Waals surface area contributed by atoms with E-state index in [1.165, 1.54) is 5.56 Å². The van der Waals surface area contributed by atoms with Crippen molar-refractivity contribution in [1.29, 1.82) is 0 Å². The minimum atomic E-state index is -0.0546. The number of fused-ring (bicyclic) bond motifs is 1. The van der Waals surface area contributed by atoms with Crippen LogP contribution in [0.4, 0.5) is 17.7 Å². The summed E-state index contributed by atoms with van der Waals surface area (Å²) in [6.45, 7) is 4.06. The van der Waals surface area contributed by atoms with Gasteiger partial charge in [-0.25, -0.2) is 9.97 Å². The zero-order valence-electron chi connectivity index (χ0n) is 19.8. The third kappa shape index (κ3) is 5.07. The molecule has 0 fully saturated rings. The number of aromatic nitrogens is 4. The molecule has 0 aliphatic carbocycles. The maximum absolute atomic E-state index is 12.9. The van der Waals surface area contributed by atoms with E-state index in [-0.39, 0.29) is 11.6 Å². The summed E-state index contributed by atoms with van der Waals surface area (Å²) in [5.41, 5.74) is 9.81. The van der Waals surface area contributed by atoms with Crippen LogP contribution in [0, 0.1) is 0 Å². The van der Waals surface area contributed by atoms with E-state index in [4.69, 9.17) is 15.7 Å². The van der Waals surface area contributed by atoms with E-state index in [9.17, 15) is 4.79 Å². The summed E-state index contributed by atoms with van der Waals surface area (Å²) in [4.78, 5) is 28.8. The van der Waals surface area contributed by atoms with Crippen molar-refractivity contribution >= 4 is 17.7 Å². The number of rotatable bonds is 7. The molecular weight excluding hydrogens is 438 g/mol. The highest BCUT2D eigenvalue weighted by Crippen LogP contribution is 2.27. The van der Waals surface area contributed by atoms with E-state index < -0.39 is 0 Å². The lowest BCUT2D eigenvalue weighted by atomic mass is 10.1. The molecule has 3 N–H and O–H groups in total. The van der Waals surface area contributed by atoms with Crippen LogP contribution in [0.25, 0.3) is 11.3 Å². The van der Waals surface area contributed by atoms with Crippen LogP contribution in [0.5, 0.6) is 0 Å². The molecule has 178 valence electrons. The molecule has 1 atom stereocenters. The minimum absolute atomic E-state index is 0.0346. The molecule has 4 aromatic rings.